The highest BCUT2D eigenvalue weighted by atomic mass is 28.3. The van der Waals surface area contributed by atoms with E-state index in [0.717, 1.165) is 0 Å². The summed E-state index contributed by atoms with van der Waals surface area (Å²) in [6, 6.07) is 32.2. The molecule has 2 nitrogen and oxygen atoms in total. The lowest BCUT2D eigenvalue weighted by Gasteiger charge is -2.44. The zero-order valence-corrected chi connectivity index (χ0v) is 22.2. The molecule has 32 heavy (non-hydrogen) atoms. The van der Waals surface area contributed by atoms with Crippen LogP contribution in [0.3, 0.4) is 0 Å². The van der Waals surface area contributed by atoms with Crippen LogP contribution in [-0.4, -0.2) is 29.2 Å². The lowest BCUT2D eigenvalue weighted by molar-refractivity contribution is -0.145. The Morgan fingerprint density at radius 2 is 1.09 bits per heavy atom. The lowest BCUT2D eigenvalue weighted by Crippen LogP contribution is -2.56. The molecule has 3 atom stereocenters. The fraction of sp³-hybridized carbons (Fsp3) is 0.321. The fourth-order valence-electron chi connectivity index (χ4n) is 5.13. The standard InChI is InChI=1S/C28H36O2Si2/c1-22(31(3,4)24-18-12-8-13-19-24)26(28(29)30-2)27(23-16-10-7-11-17-23)32(5,6)25-20-14-9-15-21-25/h7-22,26-27H,1-6H3/t22-,26-,27+/m1/s1. The lowest BCUT2D eigenvalue weighted by atomic mass is 9.95. The number of carbonyl (C=O) groups is 1. The number of hydrogen-bond donors (Lipinski definition) is 0. The molecule has 0 aliphatic rings. The zero-order chi connectivity index (χ0) is 23.4. The average Bonchev–Trinajstić information content (AvgIpc) is 2.83. The average molecular weight is 461 g/mol. The Morgan fingerprint density at radius 1 is 0.688 bits per heavy atom. The van der Waals surface area contributed by atoms with E-state index < -0.39 is 16.1 Å². The van der Waals surface area contributed by atoms with Gasteiger partial charge in [0.25, 0.3) is 0 Å². The highest BCUT2D eigenvalue weighted by molar-refractivity contribution is 6.92. The van der Waals surface area contributed by atoms with Crippen LogP contribution in [0.4, 0.5) is 0 Å². The van der Waals surface area contributed by atoms with E-state index in [4.69, 9.17) is 4.74 Å². The minimum atomic E-state index is -2.11. The van der Waals surface area contributed by atoms with Crippen molar-refractivity contribution in [2.24, 2.45) is 5.92 Å². The Hall–Kier alpha value is -2.44. The van der Waals surface area contributed by atoms with Crippen molar-refractivity contribution in [3.63, 3.8) is 0 Å². The van der Waals surface area contributed by atoms with Gasteiger partial charge in [0.15, 0.2) is 0 Å². The van der Waals surface area contributed by atoms with Gasteiger partial charge in [-0.1, -0.05) is 134 Å². The third-order valence-corrected chi connectivity index (χ3v) is 16.0. The summed E-state index contributed by atoms with van der Waals surface area (Å²) in [6.07, 6.45) is 0. The van der Waals surface area contributed by atoms with Crippen molar-refractivity contribution in [2.75, 3.05) is 7.11 Å². The maximum Gasteiger partial charge on any atom is 0.308 e. The Morgan fingerprint density at radius 3 is 1.53 bits per heavy atom. The summed E-state index contributed by atoms with van der Waals surface area (Å²) in [5.74, 6) is -0.287. The second-order valence-corrected chi connectivity index (χ2v) is 19.5. The Kier molecular flexibility index (Phi) is 7.57. The summed E-state index contributed by atoms with van der Waals surface area (Å²) in [5.41, 5.74) is 1.57. The maximum atomic E-state index is 13.5. The van der Waals surface area contributed by atoms with Crippen molar-refractivity contribution in [3.05, 3.63) is 96.6 Å². The van der Waals surface area contributed by atoms with Gasteiger partial charge < -0.3 is 4.74 Å². The van der Waals surface area contributed by atoms with Crippen LogP contribution in [-0.2, 0) is 9.53 Å². The molecular formula is C28H36O2Si2. The van der Waals surface area contributed by atoms with Crippen LogP contribution in [0.15, 0.2) is 91.0 Å². The van der Waals surface area contributed by atoms with Gasteiger partial charge in [0.2, 0.25) is 0 Å². The Balaban J connectivity index is 2.19. The van der Waals surface area contributed by atoms with Gasteiger partial charge in [-0.25, -0.2) is 0 Å². The summed E-state index contributed by atoms with van der Waals surface area (Å²) in [6.45, 7) is 11.9. The normalized spacial score (nSPS) is 14.9. The van der Waals surface area contributed by atoms with Gasteiger partial charge in [-0.2, -0.15) is 0 Å². The molecule has 0 aliphatic heterocycles. The predicted octanol–water partition coefficient (Wildman–Crippen LogP) is 5.72. The van der Waals surface area contributed by atoms with E-state index in [2.05, 4.69) is 124 Å². The smallest absolute Gasteiger partial charge is 0.308 e. The van der Waals surface area contributed by atoms with Crippen molar-refractivity contribution < 1.29 is 9.53 Å². The van der Waals surface area contributed by atoms with Gasteiger partial charge >= 0.3 is 5.97 Å². The van der Waals surface area contributed by atoms with Gasteiger partial charge in [-0.15, -0.1) is 0 Å². The van der Waals surface area contributed by atoms with Gasteiger partial charge in [0.05, 0.1) is 29.2 Å². The summed E-state index contributed by atoms with van der Waals surface area (Å²) in [5, 5.41) is 2.75. The molecule has 4 heteroatoms. The molecule has 3 rings (SSSR count). The van der Waals surface area contributed by atoms with Crippen LogP contribution in [0.25, 0.3) is 0 Å². The number of carbonyl (C=O) groups excluding carboxylic acids is 1. The molecule has 0 aromatic heterocycles. The molecule has 0 saturated carbocycles. The first-order valence-corrected chi connectivity index (χ1v) is 17.6. The summed E-state index contributed by atoms with van der Waals surface area (Å²) in [7, 11) is -2.55. The first-order valence-electron chi connectivity index (χ1n) is 11.4. The molecule has 0 fully saturated rings. The first-order chi connectivity index (χ1) is 15.2. The summed E-state index contributed by atoms with van der Waals surface area (Å²) < 4.78 is 5.50. The van der Waals surface area contributed by atoms with Crippen molar-refractivity contribution in [3.8, 4) is 0 Å². The van der Waals surface area contributed by atoms with E-state index in [0.29, 0.717) is 0 Å². The molecule has 0 saturated heterocycles. The van der Waals surface area contributed by atoms with Crippen LogP contribution >= 0.6 is 0 Å². The highest BCUT2D eigenvalue weighted by Gasteiger charge is 2.49. The number of methoxy groups -OCH3 is 1. The molecule has 0 aliphatic carbocycles. The van der Waals surface area contributed by atoms with Gasteiger partial charge in [0, 0.05) is 0 Å². The molecule has 3 aromatic carbocycles. The van der Waals surface area contributed by atoms with Crippen molar-refractivity contribution in [2.45, 2.75) is 44.2 Å². The summed E-state index contributed by atoms with van der Waals surface area (Å²) >= 11 is 0. The third-order valence-electron chi connectivity index (χ3n) is 7.48. The molecule has 3 aromatic rings. The van der Waals surface area contributed by atoms with E-state index in [1.165, 1.54) is 23.0 Å². The van der Waals surface area contributed by atoms with E-state index in [9.17, 15) is 4.79 Å². The van der Waals surface area contributed by atoms with E-state index in [-0.39, 0.29) is 23.0 Å². The quantitative estimate of drug-likeness (QED) is 0.317. The van der Waals surface area contributed by atoms with Crippen molar-refractivity contribution >= 4 is 32.5 Å². The first kappa shape index (κ1) is 24.2. The van der Waals surface area contributed by atoms with Crippen LogP contribution < -0.4 is 10.4 Å². The van der Waals surface area contributed by atoms with Gasteiger partial charge in [-0.3, -0.25) is 4.79 Å². The number of ether oxygens (including phenoxy) is 1. The Bertz CT molecular complexity index is 1000. The highest BCUT2D eigenvalue weighted by Crippen LogP contribution is 2.44. The van der Waals surface area contributed by atoms with Crippen LogP contribution in [0.5, 0.6) is 0 Å². The maximum absolute atomic E-state index is 13.5. The number of esters is 1. The second-order valence-electron chi connectivity index (χ2n) is 9.90. The summed E-state index contributed by atoms with van der Waals surface area (Å²) in [4.78, 5) is 13.5. The molecule has 168 valence electrons. The zero-order valence-electron chi connectivity index (χ0n) is 20.2. The molecule has 0 heterocycles. The molecule has 0 spiro atoms. The second kappa shape index (κ2) is 10.0. The molecule has 0 bridgehead atoms. The largest absolute Gasteiger partial charge is 0.469 e. The third kappa shape index (κ3) is 4.81. The van der Waals surface area contributed by atoms with Crippen molar-refractivity contribution in [1.29, 1.82) is 0 Å². The Labute approximate surface area is 195 Å². The van der Waals surface area contributed by atoms with Crippen LogP contribution in [0, 0.1) is 5.92 Å². The topological polar surface area (TPSA) is 26.3 Å². The molecule has 0 N–H and O–H groups in total. The van der Waals surface area contributed by atoms with Crippen LogP contribution in [0.2, 0.25) is 31.7 Å². The van der Waals surface area contributed by atoms with Crippen LogP contribution in [0.1, 0.15) is 18.0 Å². The monoisotopic (exact) mass is 460 g/mol. The van der Waals surface area contributed by atoms with Crippen molar-refractivity contribution in [1.82, 2.24) is 0 Å². The molecule has 0 radical (unpaired) electrons. The van der Waals surface area contributed by atoms with Gasteiger partial charge in [0.1, 0.15) is 0 Å². The SMILES string of the molecule is COC(=O)[C@H]([C@@H](C)[Si](C)(C)c1ccccc1)[C@H](c1ccccc1)[Si](C)(C)c1ccccc1. The molecular weight excluding hydrogens is 424 g/mol. The number of benzene rings is 3. The molecule has 0 unspecified atom stereocenters. The van der Waals surface area contributed by atoms with E-state index >= 15 is 0 Å². The minimum absolute atomic E-state index is 0.0839. The minimum Gasteiger partial charge on any atom is -0.469 e. The number of hydrogen-bond acceptors (Lipinski definition) is 2. The number of rotatable bonds is 8. The molecule has 0 amide bonds. The van der Waals surface area contributed by atoms with Gasteiger partial charge in [-0.05, 0) is 16.6 Å². The fourth-order valence-corrected chi connectivity index (χ4v) is 11.9. The van der Waals surface area contributed by atoms with E-state index in [1.54, 1.807) is 0 Å². The van der Waals surface area contributed by atoms with E-state index in [1.807, 2.05) is 0 Å². The predicted molar refractivity (Wildman–Crippen MR) is 141 cm³/mol.